The SMILES string of the molecule is Cc1cc(C)c(Cc2cnc(NCCSCc3ccc(CN(C)C)o3)[nH]c2=O)cn1. The van der Waals surface area contributed by atoms with E-state index in [9.17, 15) is 4.79 Å². The number of pyridine rings is 1. The highest BCUT2D eigenvalue weighted by molar-refractivity contribution is 7.98. The molecule has 3 aromatic rings. The van der Waals surface area contributed by atoms with Gasteiger partial charge in [0.15, 0.2) is 0 Å². The van der Waals surface area contributed by atoms with E-state index in [2.05, 4.69) is 25.2 Å². The van der Waals surface area contributed by atoms with Crippen molar-refractivity contribution >= 4 is 17.7 Å². The molecule has 3 aromatic heterocycles. The van der Waals surface area contributed by atoms with E-state index in [1.807, 2.05) is 52.3 Å². The summed E-state index contributed by atoms with van der Waals surface area (Å²) in [7, 11) is 4.04. The van der Waals surface area contributed by atoms with Crippen LogP contribution in [0.25, 0.3) is 0 Å². The Kier molecular flexibility index (Phi) is 7.70. The molecule has 30 heavy (non-hydrogen) atoms. The van der Waals surface area contributed by atoms with E-state index in [4.69, 9.17) is 4.42 Å². The van der Waals surface area contributed by atoms with E-state index in [1.165, 1.54) is 0 Å². The lowest BCUT2D eigenvalue weighted by Gasteiger charge is -2.08. The van der Waals surface area contributed by atoms with Crippen LogP contribution in [0.5, 0.6) is 0 Å². The summed E-state index contributed by atoms with van der Waals surface area (Å²) in [5, 5.41) is 3.18. The zero-order valence-corrected chi connectivity index (χ0v) is 18.8. The number of nitrogens with zero attached hydrogens (tertiary/aromatic N) is 3. The van der Waals surface area contributed by atoms with Gasteiger partial charge in [0.05, 0.1) is 12.3 Å². The maximum absolute atomic E-state index is 12.4. The second kappa shape index (κ2) is 10.4. The molecule has 0 unspecified atom stereocenters. The summed E-state index contributed by atoms with van der Waals surface area (Å²) in [5.41, 5.74) is 3.66. The predicted molar refractivity (Wildman–Crippen MR) is 122 cm³/mol. The number of hydrogen-bond acceptors (Lipinski definition) is 7. The van der Waals surface area contributed by atoms with Gasteiger partial charge in [0.2, 0.25) is 5.95 Å². The molecule has 3 heterocycles. The molecule has 0 saturated heterocycles. The molecule has 0 spiro atoms. The molecule has 160 valence electrons. The Morgan fingerprint density at radius 2 is 1.90 bits per heavy atom. The monoisotopic (exact) mass is 427 g/mol. The van der Waals surface area contributed by atoms with Crippen LogP contribution in [0.4, 0.5) is 5.95 Å². The highest BCUT2D eigenvalue weighted by Crippen LogP contribution is 2.16. The Bertz CT molecular complexity index is 1030. The number of H-pyrrole nitrogens is 1. The van der Waals surface area contributed by atoms with Gasteiger partial charge in [-0.2, -0.15) is 11.8 Å². The number of aromatic nitrogens is 3. The van der Waals surface area contributed by atoms with Gasteiger partial charge in [-0.1, -0.05) is 0 Å². The molecular weight excluding hydrogens is 398 g/mol. The molecule has 0 amide bonds. The molecule has 3 rings (SSSR count). The van der Waals surface area contributed by atoms with Crippen LogP contribution in [-0.4, -0.2) is 46.2 Å². The van der Waals surface area contributed by atoms with Crippen LogP contribution in [0, 0.1) is 13.8 Å². The number of hydrogen-bond donors (Lipinski definition) is 2. The fourth-order valence-electron chi connectivity index (χ4n) is 3.06. The van der Waals surface area contributed by atoms with E-state index in [0.29, 0.717) is 24.5 Å². The van der Waals surface area contributed by atoms with Crippen LogP contribution in [0.15, 0.2) is 39.8 Å². The fraction of sp³-hybridized carbons (Fsp3) is 0.409. The molecule has 0 aliphatic rings. The van der Waals surface area contributed by atoms with Crippen molar-refractivity contribution in [2.24, 2.45) is 0 Å². The minimum Gasteiger partial charge on any atom is -0.464 e. The number of anilines is 1. The minimum absolute atomic E-state index is 0.121. The van der Waals surface area contributed by atoms with Crippen molar-refractivity contribution in [3.8, 4) is 0 Å². The van der Waals surface area contributed by atoms with Gasteiger partial charge < -0.3 is 14.6 Å². The summed E-state index contributed by atoms with van der Waals surface area (Å²) in [6.07, 6.45) is 4.00. The van der Waals surface area contributed by atoms with Crippen LogP contribution < -0.4 is 10.9 Å². The quantitative estimate of drug-likeness (QED) is 0.480. The molecular formula is C22H29N5O2S. The van der Waals surface area contributed by atoms with Gasteiger partial charge in [0.25, 0.3) is 5.56 Å². The zero-order chi connectivity index (χ0) is 21.5. The topological polar surface area (TPSA) is 87.0 Å². The Balaban J connectivity index is 1.44. The number of rotatable bonds is 10. The summed E-state index contributed by atoms with van der Waals surface area (Å²) >= 11 is 1.77. The number of furan rings is 1. The van der Waals surface area contributed by atoms with E-state index in [0.717, 1.165) is 46.4 Å². The fourth-order valence-corrected chi connectivity index (χ4v) is 3.81. The van der Waals surface area contributed by atoms with Crippen molar-refractivity contribution in [2.75, 3.05) is 31.7 Å². The lowest BCUT2D eigenvalue weighted by Crippen LogP contribution is -2.18. The van der Waals surface area contributed by atoms with Gasteiger partial charge in [-0.25, -0.2) is 4.98 Å². The number of aryl methyl sites for hydroxylation is 2. The van der Waals surface area contributed by atoms with Crippen LogP contribution in [0.1, 0.15) is 33.9 Å². The van der Waals surface area contributed by atoms with Crippen LogP contribution in [0.2, 0.25) is 0 Å². The first-order valence-corrected chi connectivity index (χ1v) is 11.1. The first-order valence-electron chi connectivity index (χ1n) is 9.95. The van der Waals surface area contributed by atoms with Crippen LogP contribution in [-0.2, 0) is 18.7 Å². The molecule has 0 saturated carbocycles. The average Bonchev–Trinajstić information content (AvgIpc) is 3.12. The van der Waals surface area contributed by atoms with Gasteiger partial charge in [-0.05, 0) is 57.3 Å². The van der Waals surface area contributed by atoms with Crippen molar-refractivity contribution in [3.05, 3.63) is 74.9 Å². The molecule has 8 heteroatoms. The third kappa shape index (κ3) is 6.47. The molecule has 0 aliphatic carbocycles. The summed E-state index contributed by atoms with van der Waals surface area (Å²) < 4.78 is 5.80. The largest absolute Gasteiger partial charge is 0.464 e. The molecule has 0 radical (unpaired) electrons. The summed E-state index contributed by atoms with van der Waals surface area (Å²) in [4.78, 5) is 26.0. The summed E-state index contributed by atoms with van der Waals surface area (Å²) in [6.45, 7) is 5.51. The van der Waals surface area contributed by atoms with E-state index in [-0.39, 0.29) is 5.56 Å². The number of aromatic amines is 1. The third-order valence-electron chi connectivity index (χ3n) is 4.58. The highest BCUT2D eigenvalue weighted by atomic mass is 32.2. The smallest absolute Gasteiger partial charge is 0.255 e. The summed E-state index contributed by atoms with van der Waals surface area (Å²) in [6, 6.07) is 6.08. The van der Waals surface area contributed by atoms with Crippen molar-refractivity contribution in [2.45, 2.75) is 32.6 Å². The number of nitrogens with one attached hydrogen (secondary N) is 2. The Hall–Kier alpha value is -2.58. The Labute approximate surface area is 181 Å². The van der Waals surface area contributed by atoms with E-state index < -0.39 is 0 Å². The van der Waals surface area contributed by atoms with Gasteiger partial charge >= 0.3 is 0 Å². The first-order chi connectivity index (χ1) is 14.4. The lowest BCUT2D eigenvalue weighted by molar-refractivity contribution is 0.344. The lowest BCUT2D eigenvalue weighted by atomic mass is 10.0. The van der Waals surface area contributed by atoms with Crippen molar-refractivity contribution < 1.29 is 4.42 Å². The molecule has 0 fully saturated rings. The zero-order valence-electron chi connectivity index (χ0n) is 18.0. The maximum atomic E-state index is 12.4. The minimum atomic E-state index is -0.121. The normalized spacial score (nSPS) is 11.2. The van der Waals surface area contributed by atoms with E-state index >= 15 is 0 Å². The van der Waals surface area contributed by atoms with Crippen LogP contribution >= 0.6 is 11.8 Å². The Morgan fingerprint density at radius 1 is 1.13 bits per heavy atom. The molecule has 2 N–H and O–H groups in total. The third-order valence-corrected chi connectivity index (χ3v) is 5.56. The van der Waals surface area contributed by atoms with Gasteiger partial charge in [0.1, 0.15) is 11.5 Å². The molecule has 0 bridgehead atoms. The van der Waals surface area contributed by atoms with Crippen LogP contribution in [0.3, 0.4) is 0 Å². The van der Waals surface area contributed by atoms with E-state index in [1.54, 1.807) is 18.0 Å². The average molecular weight is 428 g/mol. The second-order valence-electron chi connectivity index (χ2n) is 7.60. The Morgan fingerprint density at radius 3 is 2.63 bits per heavy atom. The van der Waals surface area contributed by atoms with Crippen molar-refractivity contribution in [1.29, 1.82) is 0 Å². The number of thioether (sulfide) groups is 1. The van der Waals surface area contributed by atoms with Gasteiger partial charge in [-0.15, -0.1) is 0 Å². The van der Waals surface area contributed by atoms with Gasteiger partial charge in [0, 0.05) is 42.4 Å². The van der Waals surface area contributed by atoms with Crippen molar-refractivity contribution in [1.82, 2.24) is 19.9 Å². The molecule has 0 aromatic carbocycles. The summed E-state index contributed by atoms with van der Waals surface area (Å²) in [5.74, 6) is 4.15. The van der Waals surface area contributed by atoms with Crippen molar-refractivity contribution in [3.63, 3.8) is 0 Å². The highest BCUT2D eigenvalue weighted by Gasteiger charge is 2.07. The molecule has 0 atom stereocenters. The van der Waals surface area contributed by atoms with Gasteiger partial charge in [-0.3, -0.25) is 14.8 Å². The molecule has 0 aliphatic heterocycles. The second-order valence-corrected chi connectivity index (χ2v) is 8.71. The standard InChI is InChI=1S/C22H29N5O2S/c1-15-9-16(2)24-11-17(15)10-18-12-25-22(26-21(18)28)23-7-8-30-14-20-6-5-19(29-20)13-27(3)4/h5-6,9,11-12H,7-8,10,13-14H2,1-4H3,(H2,23,25,26,28). The predicted octanol–water partition coefficient (Wildman–Crippen LogP) is 3.37. The molecule has 7 nitrogen and oxygen atoms in total. The maximum Gasteiger partial charge on any atom is 0.255 e. The first kappa shape index (κ1) is 22.1.